The zero-order chi connectivity index (χ0) is 11.4. The molecule has 0 spiro atoms. The van der Waals surface area contributed by atoms with Crippen LogP contribution in [0.2, 0.25) is 0 Å². The first-order valence-electron chi connectivity index (χ1n) is 5.11. The minimum Gasteiger partial charge on any atom is -0.256 e. The van der Waals surface area contributed by atoms with Crippen LogP contribution in [-0.2, 0) is 0 Å². The van der Waals surface area contributed by atoms with Gasteiger partial charge in [0.15, 0.2) is 0 Å². The number of rotatable bonds is 2. The van der Waals surface area contributed by atoms with E-state index in [1.54, 1.807) is 12.3 Å². The van der Waals surface area contributed by atoms with E-state index in [4.69, 9.17) is 0 Å². The molecule has 0 aliphatic rings. The van der Waals surface area contributed by atoms with Gasteiger partial charge in [0.2, 0.25) is 0 Å². The highest BCUT2D eigenvalue weighted by molar-refractivity contribution is 5.82. The van der Waals surface area contributed by atoms with Crippen molar-refractivity contribution in [2.24, 2.45) is 4.99 Å². The second-order valence-electron chi connectivity index (χ2n) is 3.60. The molecule has 0 fully saturated rings. The topological polar surface area (TPSA) is 12.4 Å². The molecule has 0 amide bonds. The molecule has 80 valence electrons. The van der Waals surface area contributed by atoms with Crippen LogP contribution < -0.4 is 0 Å². The number of benzene rings is 2. The van der Waals surface area contributed by atoms with E-state index in [2.05, 4.69) is 4.99 Å². The molecule has 0 unspecified atom stereocenters. The first-order valence-corrected chi connectivity index (χ1v) is 5.11. The molecule has 0 saturated carbocycles. The molecule has 16 heavy (non-hydrogen) atoms. The van der Waals surface area contributed by atoms with Crippen LogP contribution in [0.25, 0.3) is 0 Å². The molecule has 0 N–H and O–H groups in total. The molecule has 0 aliphatic carbocycles. The zero-order valence-electron chi connectivity index (χ0n) is 9.02. The lowest BCUT2D eigenvalue weighted by atomic mass is 10.2. The van der Waals surface area contributed by atoms with Gasteiger partial charge < -0.3 is 0 Å². The van der Waals surface area contributed by atoms with Gasteiger partial charge in [-0.2, -0.15) is 0 Å². The van der Waals surface area contributed by atoms with Crippen molar-refractivity contribution < 1.29 is 4.39 Å². The van der Waals surface area contributed by atoms with Gasteiger partial charge in [0, 0.05) is 6.21 Å². The Morgan fingerprint density at radius 2 is 1.81 bits per heavy atom. The second-order valence-corrected chi connectivity index (χ2v) is 3.60. The number of aryl methyl sites for hydroxylation is 1. The van der Waals surface area contributed by atoms with Crippen molar-refractivity contribution in [2.75, 3.05) is 0 Å². The smallest absolute Gasteiger partial charge is 0.123 e. The van der Waals surface area contributed by atoms with Crippen molar-refractivity contribution >= 4 is 11.9 Å². The molecule has 0 radical (unpaired) electrons. The fourth-order valence-electron chi connectivity index (χ4n) is 1.45. The molecule has 0 aliphatic heterocycles. The maximum atomic E-state index is 12.9. The summed E-state index contributed by atoms with van der Waals surface area (Å²) in [5.74, 6) is -0.226. The standard InChI is InChI=1S/C14H12FN/c1-11-9-13(15)7-8-14(11)16-10-12-5-3-2-4-6-12/h2-10H,1H3. The minimum absolute atomic E-state index is 0.226. The quantitative estimate of drug-likeness (QED) is 0.671. The Morgan fingerprint density at radius 3 is 2.50 bits per heavy atom. The summed E-state index contributed by atoms with van der Waals surface area (Å²) >= 11 is 0. The fraction of sp³-hybridized carbons (Fsp3) is 0.0714. The van der Waals surface area contributed by atoms with Crippen molar-refractivity contribution in [2.45, 2.75) is 6.92 Å². The lowest BCUT2D eigenvalue weighted by molar-refractivity contribution is 0.627. The van der Waals surface area contributed by atoms with E-state index in [9.17, 15) is 4.39 Å². The minimum atomic E-state index is -0.226. The van der Waals surface area contributed by atoms with Crippen LogP contribution in [0, 0.1) is 12.7 Å². The molecular formula is C14H12FN. The zero-order valence-corrected chi connectivity index (χ0v) is 9.02. The van der Waals surface area contributed by atoms with Gasteiger partial charge in [0.05, 0.1) is 5.69 Å². The van der Waals surface area contributed by atoms with Crippen molar-refractivity contribution in [3.63, 3.8) is 0 Å². The maximum absolute atomic E-state index is 12.9. The van der Waals surface area contributed by atoms with E-state index in [-0.39, 0.29) is 5.82 Å². The maximum Gasteiger partial charge on any atom is 0.123 e. The van der Waals surface area contributed by atoms with Crippen LogP contribution in [0.1, 0.15) is 11.1 Å². The molecular weight excluding hydrogens is 201 g/mol. The first-order chi connectivity index (χ1) is 7.75. The van der Waals surface area contributed by atoms with E-state index in [1.165, 1.54) is 12.1 Å². The van der Waals surface area contributed by atoms with Gasteiger partial charge in [-0.15, -0.1) is 0 Å². The van der Waals surface area contributed by atoms with Crippen molar-refractivity contribution in [1.29, 1.82) is 0 Å². The summed E-state index contributed by atoms with van der Waals surface area (Å²) in [6.07, 6.45) is 1.78. The molecule has 2 aromatic carbocycles. The normalized spacial score (nSPS) is 10.9. The highest BCUT2D eigenvalue weighted by Crippen LogP contribution is 2.18. The van der Waals surface area contributed by atoms with E-state index >= 15 is 0 Å². The first kappa shape index (κ1) is 10.6. The van der Waals surface area contributed by atoms with Crippen LogP contribution in [-0.4, -0.2) is 6.21 Å². The van der Waals surface area contributed by atoms with Gasteiger partial charge in [-0.05, 0) is 36.2 Å². The summed E-state index contributed by atoms with van der Waals surface area (Å²) in [6, 6.07) is 14.4. The van der Waals surface area contributed by atoms with Crippen LogP contribution in [0.4, 0.5) is 10.1 Å². The molecule has 2 rings (SSSR count). The predicted octanol–water partition coefficient (Wildman–Crippen LogP) is 3.88. The molecule has 0 heterocycles. The average molecular weight is 213 g/mol. The predicted molar refractivity (Wildman–Crippen MR) is 64.8 cm³/mol. The fourth-order valence-corrected chi connectivity index (χ4v) is 1.45. The van der Waals surface area contributed by atoms with Crippen LogP contribution in [0.3, 0.4) is 0 Å². The summed E-state index contributed by atoms with van der Waals surface area (Å²) in [5, 5.41) is 0. The summed E-state index contributed by atoms with van der Waals surface area (Å²) in [7, 11) is 0. The number of nitrogens with zero attached hydrogens (tertiary/aromatic N) is 1. The lowest BCUT2D eigenvalue weighted by Gasteiger charge is -1.99. The van der Waals surface area contributed by atoms with Crippen LogP contribution in [0.5, 0.6) is 0 Å². The van der Waals surface area contributed by atoms with Gasteiger partial charge in [0.25, 0.3) is 0 Å². The average Bonchev–Trinajstić information content (AvgIpc) is 2.29. The second kappa shape index (κ2) is 4.71. The molecule has 1 nitrogen and oxygen atoms in total. The van der Waals surface area contributed by atoms with Crippen LogP contribution in [0.15, 0.2) is 53.5 Å². The summed E-state index contributed by atoms with van der Waals surface area (Å²) in [6.45, 7) is 1.85. The highest BCUT2D eigenvalue weighted by atomic mass is 19.1. The largest absolute Gasteiger partial charge is 0.256 e. The SMILES string of the molecule is Cc1cc(F)ccc1N=Cc1ccccc1. The van der Waals surface area contributed by atoms with Crippen molar-refractivity contribution in [1.82, 2.24) is 0 Å². The third kappa shape index (κ3) is 2.54. The van der Waals surface area contributed by atoms with Gasteiger partial charge >= 0.3 is 0 Å². The molecule has 0 saturated heterocycles. The number of halogens is 1. The van der Waals surface area contributed by atoms with E-state index < -0.39 is 0 Å². The summed E-state index contributed by atoms with van der Waals surface area (Å²) in [5.41, 5.74) is 2.67. The highest BCUT2D eigenvalue weighted by Gasteiger charge is 1.96. The Morgan fingerprint density at radius 1 is 1.06 bits per heavy atom. The van der Waals surface area contributed by atoms with E-state index in [0.717, 1.165) is 16.8 Å². The molecule has 2 heteroatoms. The van der Waals surface area contributed by atoms with Gasteiger partial charge in [-0.25, -0.2) is 4.39 Å². The monoisotopic (exact) mass is 213 g/mol. The van der Waals surface area contributed by atoms with Gasteiger partial charge in [-0.3, -0.25) is 4.99 Å². The van der Waals surface area contributed by atoms with Gasteiger partial charge in [-0.1, -0.05) is 30.3 Å². The summed E-state index contributed by atoms with van der Waals surface area (Å²) < 4.78 is 12.9. The molecule has 0 bridgehead atoms. The Labute approximate surface area is 94.3 Å². The number of hydrogen-bond acceptors (Lipinski definition) is 1. The lowest BCUT2D eigenvalue weighted by Crippen LogP contribution is -1.81. The van der Waals surface area contributed by atoms with Crippen molar-refractivity contribution in [3.8, 4) is 0 Å². The number of hydrogen-bond donors (Lipinski definition) is 0. The van der Waals surface area contributed by atoms with E-state index in [0.29, 0.717) is 0 Å². The van der Waals surface area contributed by atoms with Crippen molar-refractivity contribution in [3.05, 3.63) is 65.5 Å². The van der Waals surface area contributed by atoms with Crippen LogP contribution >= 0.6 is 0 Å². The van der Waals surface area contributed by atoms with E-state index in [1.807, 2.05) is 37.3 Å². The molecule has 2 aromatic rings. The summed E-state index contributed by atoms with van der Waals surface area (Å²) in [4.78, 5) is 4.33. The Kier molecular flexibility index (Phi) is 3.10. The molecule has 0 aromatic heterocycles. The van der Waals surface area contributed by atoms with Gasteiger partial charge in [0.1, 0.15) is 5.82 Å². The molecule has 0 atom stereocenters. The Balaban J connectivity index is 2.24. The Hall–Kier alpha value is -1.96. The third-order valence-corrected chi connectivity index (χ3v) is 2.31. The number of aliphatic imine (C=N–C) groups is 1. The third-order valence-electron chi connectivity index (χ3n) is 2.31. The Bertz CT molecular complexity index is 503.